The van der Waals surface area contributed by atoms with Gasteiger partial charge in [-0.3, -0.25) is 4.79 Å². The fraction of sp³-hybridized carbons (Fsp3) is 0.750. The van der Waals surface area contributed by atoms with E-state index in [1.54, 1.807) is 11.8 Å². The highest BCUT2D eigenvalue weighted by Gasteiger charge is 2.22. The van der Waals surface area contributed by atoms with Crippen molar-refractivity contribution < 1.29 is 4.79 Å². The normalized spacial score (nSPS) is 12.5. The number of tetrazole rings is 1. The van der Waals surface area contributed by atoms with Crippen molar-refractivity contribution in [3.8, 4) is 0 Å². The van der Waals surface area contributed by atoms with Crippen molar-refractivity contribution in [3.63, 3.8) is 0 Å². The van der Waals surface area contributed by atoms with Crippen molar-refractivity contribution >= 4 is 11.9 Å². The van der Waals surface area contributed by atoms with Crippen LogP contribution in [0.2, 0.25) is 0 Å². The lowest BCUT2D eigenvalue weighted by molar-refractivity contribution is -0.134. The first-order chi connectivity index (χ1) is 7.11. The van der Waals surface area contributed by atoms with Crippen LogP contribution in [0.5, 0.6) is 0 Å². The summed E-state index contributed by atoms with van der Waals surface area (Å²) in [6.07, 6.45) is 0. The number of hydrogen-bond acceptors (Lipinski definition) is 5. The van der Waals surface area contributed by atoms with Crippen LogP contribution in [0, 0.1) is 0 Å². The molecular weight excluding hydrogens is 196 g/mol. The third-order valence-electron chi connectivity index (χ3n) is 2.32. The molecule has 1 rings (SSSR count). The molecule has 84 valence electrons. The summed E-state index contributed by atoms with van der Waals surface area (Å²) in [6, 6.07) is -0.458. The van der Waals surface area contributed by atoms with Gasteiger partial charge in [-0.1, -0.05) is 5.10 Å². The second-order valence-corrected chi connectivity index (χ2v) is 3.17. The van der Waals surface area contributed by atoms with Gasteiger partial charge in [-0.05, 0) is 31.2 Å². The molecular formula is C8H16N6O. The van der Waals surface area contributed by atoms with Crippen molar-refractivity contribution in [3.05, 3.63) is 0 Å². The predicted molar refractivity (Wildman–Crippen MR) is 54.9 cm³/mol. The van der Waals surface area contributed by atoms with Crippen LogP contribution < -0.4 is 5.73 Å². The number of amides is 1. The molecule has 1 aromatic heterocycles. The molecule has 7 nitrogen and oxygen atoms in total. The summed E-state index contributed by atoms with van der Waals surface area (Å²) in [5.74, 6) is 0.127. The van der Waals surface area contributed by atoms with Gasteiger partial charge >= 0.3 is 0 Å². The van der Waals surface area contributed by atoms with Gasteiger partial charge in [0.2, 0.25) is 11.9 Å². The Balaban J connectivity index is 2.81. The third-order valence-corrected chi connectivity index (χ3v) is 2.32. The summed E-state index contributed by atoms with van der Waals surface area (Å²) in [6.45, 7) is 6.92. The molecule has 1 unspecified atom stereocenters. The monoisotopic (exact) mass is 212 g/mol. The lowest BCUT2D eigenvalue weighted by atomic mass is 10.3. The van der Waals surface area contributed by atoms with Crippen LogP contribution >= 0.6 is 0 Å². The van der Waals surface area contributed by atoms with Crippen LogP contribution in [0.15, 0.2) is 0 Å². The van der Waals surface area contributed by atoms with Gasteiger partial charge in [0, 0.05) is 13.1 Å². The molecule has 0 spiro atoms. The summed E-state index contributed by atoms with van der Waals surface area (Å²) >= 11 is 0. The van der Waals surface area contributed by atoms with E-state index in [-0.39, 0.29) is 11.9 Å². The van der Waals surface area contributed by atoms with Gasteiger partial charge in [-0.15, -0.1) is 0 Å². The van der Waals surface area contributed by atoms with Gasteiger partial charge in [-0.25, -0.2) is 0 Å². The number of likely N-dealkylation sites (N-methyl/N-ethyl adjacent to an activating group) is 1. The van der Waals surface area contributed by atoms with E-state index >= 15 is 0 Å². The maximum atomic E-state index is 11.9. The maximum absolute atomic E-state index is 11.9. The third kappa shape index (κ3) is 2.23. The smallest absolute Gasteiger partial charge is 0.247 e. The number of nitrogens with two attached hydrogens (primary N) is 1. The first-order valence-electron chi connectivity index (χ1n) is 4.93. The molecule has 0 aromatic carbocycles. The Bertz CT molecular complexity index is 332. The zero-order valence-electron chi connectivity index (χ0n) is 9.21. The van der Waals surface area contributed by atoms with Crippen LogP contribution in [-0.4, -0.2) is 44.1 Å². The first-order valence-corrected chi connectivity index (χ1v) is 4.93. The highest BCUT2D eigenvalue weighted by atomic mass is 16.2. The molecule has 0 saturated heterocycles. The maximum Gasteiger partial charge on any atom is 0.247 e. The predicted octanol–water partition coefficient (Wildman–Crippen LogP) is -0.315. The van der Waals surface area contributed by atoms with E-state index in [0.717, 1.165) is 0 Å². The number of aromatic nitrogens is 4. The number of rotatable bonds is 4. The minimum atomic E-state index is -0.458. The quantitative estimate of drug-likeness (QED) is 0.739. The second-order valence-electron chi connectivity index (χ2n) is 3.17. The van der Waals surface area contributed by atoms with E-state index in [1.807, 2.05) is 13.8 Å². The second kappa shape index (κ2) is 4.72. The number of carbonyl (C=O) groups excluding carboxylic acids is 1. The van der Waals surface area contributed by atoms with Crippen molar-refractivity contribution in [2.75, 3.05) is 18.8 Å². The Morgan fingerprint density at radius 1 is 1.53 bits per heavy atom. The number of carbonyl (C=O) groups is 1. The van der Waals surface area contributed by atoms with E-state index in [0.29, 0.717) is 13.1 Å². The largest absolute Gasteiger partial charge is 0.367 e. The minimum Gasteiger partial charge on any atom is -0.367 e. The molecule has 0 aliphatic rings. The summed E-state index contributed by atoms with van der Waals surface area (Å²) in [5, 5.41) is 10.6. The van der Waals surface area contributed by atoms with Gasteiger partial charge in [0.1, 0.15) is 6.04 Å². The molecule has 0 radical (unpaired) electrons. The van der Waals surface area contributed by atoms with Crippen molar-refractivity contribution in [2.24, 2.45) is 0 Å². The highest BCUT2D eigenvalue weighted by molar-refractivity contribution is 5.80. The Kier molecular flexibility index (Phi) is 3.59. The van der Waals surface area contributed by atoms with Gasteiger partial charge in [-0.2, -0.15) is 4.68 Å². The van der Waals surface area contributed by atoms with Crippen molar-refractivity contribution in [1.29, 1.82) is 0 Å². The molecule has 0 saturated carbocycles. The fourth-order valence-corrected chi connectivity index (χ4v) is 1.38. The van der Waals surface area contributed by atoms with Gasteiger partial charge in [0.05, 0.1) is 0 Å². The number of anilines is 1. The summed E-state index contributed by atoms with van der Waals surface area (Å²) < 4.78 is 1.32. The molecule has 0 aliphatic heterocycles. The summed E-state index contributed by atoms with van der Waals surface area (Å²) in [4.78, 5) is 13.6. The van der Waals surface area contributed by atoms with Crippen molar-refractivity contribution in [2.45, 2.75) is 26.8 Å². The SMILES string of the molecule is CCN(CC)C(=O)C(C)n1nnnc1N. The average Bonchev–Trinajstić information content (AvgIpc) is 2.65. The number of nitrogen functional groups attached to an aromatic ring is 1. The van der Waals surface area contributed by atoms with E-state index in [1.165, 1.54) is 4.68 Å². The van der Waals surface area contributed by atoms with Crippen LogP contribution in [0.3, 0.4) is 0 Å². The Labute approximate surface area is 88.2 Å². The van der Waals surface area contributed by atoms with E-state index in [4.69, 9.17) is 5.73 Å². The molecule has 0 aliphatic carbocycles. The van der Waals surface area contributed by atoms with Gasteiger partial charge < -0.3 is 10.6 Å². The Morgan fingerprint density at radius 2 is 2.13 bits per heavy atom. The number of hydrogen-bond donors (Lipinski definition) is 1. The molecule has 0 bridgehead atoms. The molecule has 7 heteroatoms. The van der Waals surface area contributed by atoms with Gasteiger partial charge in [0.15, 0.2) is 0 Å². The fourth-order valence-electron chi connectivity index (χ4n) is 1.38. The molecule has 0 fully saturated rings. The Hall–Kier alpha value is -1.66. The van der Waals surface area contributed by atoms with E-state index in [2.05, 4.69) is 15.5 Å². The molecule has 1 aromatic rings. The van der Waals surface area contributed by atoms with E-state index in [9.17, 15) is 4.79 Å². The molecule has 1 heterocycles. The lowest BCUT2D eigenvalue weighted by Crippen LogP contribution is -2.36. The highest BCUT2D eigenvalue weighted by Crippen LogP contribution is 2.10. The molecule has 2 N–H and O–H groups in total. The topological polar surface area (TPSA) is 89.9 Å². The molecule has 15 heavy (non-hydrogen) atoms. The lowest BCUT2D eigenvalue weighted by Gasteiger charge is -2.22. The van der Waals surface area contributed by atoms with E-state index < -0.39 is 6.04 Å². The average molecular weight is 212 g/mol. The number of nitrogens with zero attached hydrogens (tertiary/aromatic N) is 5. The summed E-state index contributed by atoms with van der Waals surface area (Å²) in [5.41, 5.74) is 5.52. The molecule has 1 atom stereocenters. The summed E-state index contributed by atoms with van der Waals surface area (Å²) in [7, 11) is 0. The molecule has 1 amide bonds. The Morgan fingerprint density at radius 3 is 2.53 bits per heavy atom. The minimum absolute atomic E-state index is 0.0287. The van der Waals surface area contributed by atoms with Gasteiger partial charge in [0.25, 0.3) is 0 Å². The van der Waals surface area contributed by atoms with Crippen LogP contribution in [-0.2, 0) is 4.79 Å². The van der Waals surface area contributed by atoms with Crippen LogP contribution in [0.1, 0.15) is 26.8 Å². The zero-order valence-corrected chi connectivity index (χ0v) is 9.21. The van der Waals surface area contributed by atoms with Crippen LogP contribution in [0.25, 0.3) is 0 Å². The van der Waals surface area contributed by atoms with Crippen LogP contribution in [0.4, 0.5) is 5.95 Å². The van der Waals surface area contributed by atoms with Crippen molar-refractivity contribution in [1.82, 2.24) is 25.1 Å². The zero-order chi connectivity index (χ0) is 11.4. The first kappa shape index (κ1) is 11.4. The standard InChI is InChI=1S/C8H16N6O/c1-4-13(5-2)7(15)6(3)14-8(9)10-11-12-14/h6H,4-5H2,1-3H3,(H2,9,10,12).